The molecule has 0 aromatic rings. The van der Waals surface area contributed by atoms with Gasteiger partial charge in [0, 0.05) is 32.7 Å². The zero-order chi connectivity index (χ0) is 18.1. The average Bonchev–Trinajstić information content (AvgIpc) is 2.82. The summed E-state index contributed by atoms with van der Waals surface area (Å²) in [7, 11) is 4.12. The van der Waals surface area contributed by atoms with Crippen molar-refractivity contribution in [3.8, 4) is 0 Å². The van der Waals surface area contributed by atoms with Crippen LogP contribution in [-0.4, -0.2) is 75.2 Å². The van der Waals surface area contributed by atoms with E-state index < -0.39 is 0 Å². The van der Waals surface area contributed by atoms with Crippen LogP contribution in [0, 0.1) is 11.8 Å². The molecule has 0 spiro atoms. The van der Waals surface area contributed by atoms with Gasteiger partial charge in [0.25, 0.3) is 0 Å². The molecule has 0 aromatic heterocycles. The van der Waals surface area contributed by atoms with Gasteiger partial charge in [-0.3, -0.25) is 4.99 Å². The lowest BCUT2D eigenvalue weighted by molar-refractivity contribution is 0.249. The quantitative estimate of drug-likeness (QED) is 0.438. The maximum atomic E-state index is 4.42. The second kappa shape index (κ2) is 11.0. The van der Waals surface area contributed by atoms with Gasteiger partial charge in [-0.25, -0.2) is 0 Å². The Morgan fingerprint density at radius 1 is 1.08 bits per heavy atom. The minimum atomic E-state index is 0.599. The fraction of sp³-hybridized carbons (Fsp3) is 0.950. The van der Waals surface area contributed by atoms with E-state index in [0.717, 1.165) is 24.3 Å². The van der Waals surface area contributed by atoms with Crippen LogP contribution in [0.5, 0.6) is 0 Å². The van der Waals surface area contributed by atoms with Gasteiger partial charge in [0.15, 0.2) is 5.96 Å². The Hall–Kier alpha value is -0.810. The number of nitrogens with one attached hydrogen (secondary N) is 2. The average molecular weight is 352 g/mol. The van der Waals surface area contributed by atoms with Gasteiger partial charge in [0.1, 0.15) is 0 Å². The summed E-state index contributed by atoms with van der Waals surface area (Å²) in [4.78, 5) is 9.47. The van der Waals surface area contributed by atoms with E-state index in [4.69, 9.17) is 0 Å². The first-order chi connectivity index (χ1) is 12.1. The number of aliphatic imine (C=N–C) groups is 1. The minimum absolute atomic E-state index is 0.599. The third-order valence-corrected chi connectivity index (χ3v) is 6.03. The maximum absolute atomic E-state index is 4.42. The fourth-order valence-corrected chi connectivity index (χ4v) is 4.15. The predicted molar refractivity (Wildman–Crippen MR) is 108 cm³/mol. The molecule has 2 fully saturated rings. The Morgan fingerprint density at radius 3 is 2.52 bits per heavy atom. The Bertz CT molecular complexity index is 388. The van der Waals surface area contributed by atoms with Crippen molar-refractivity contribution in [3.63, 3.8) is 0 Å². The zero-order valence-corrected chi connectivity index (χ0v) is 17.1. The largest absolute Gasteiger partial charge is 0.356 e. The molecule has 1 saturated carbocycles. The van der Waals surface area contributed by atoms with Crippen molar-refractivity contribution in [1.29, 1.82) is 0 Å². The second-order valence-corrected chi connectivity index (χ2v) is 8.35. The molecule has 2 rings (SSSR count). The Kier molecular flexibility index (Phi) is 9.04. The van der Waals surface area contributed by atoms with Crippen molar-refractivity contribution in [1.82, 2.24) is 20.4 Å². The Labute approximate surface area is 155 Å². The zero-order valence-electron chi connectivity index (χ0n) is 17.1. The molecule has 1 aliphatic carbocycles. The van der Waals surface area contributed by atoms with Crippen LogP contribution in [0.15, 0.2) is 4.99 Å². The van der Waals surface area contributed by atoms with E-state index in [1.54, 1.807) is 0 Å². The number of likely N-dealkylation sites (N-methyl/N-ethyl adjacent to an activating group) is 1. The van der Waals surface area contributed by atoms with E-state index in [1.807, 2.05) is 7.05 Å². The molecule has 2 N–H and O–H groups in total. The maximum Gasteiger partial charge on any atom is 0.191 e. The van der Waals surface area contributed by atoms with Gasteiger partial charge in [-0.1, -0.05) is 13.8 Å². The van der Waals surface area contributed by atoms with Gasteiger partial charge in [-0.05, 0) is 77.0 Å². The van der Waals surface area contributed by atoms with E-state index in [9.17, 15) is 0 Å². The number of hydrogen-bond acceptors (Lipinski definition) is 3. The van der Waals surface area contributed by atoms with E-state index in [2.05, 4.69) is 46.3 Å². The molecule has 1 aliphatic heterocycles. The van der Waals surface area contributed by atoms with Gasteiger partial charge in [-0.2, -0.15) is 0 Å². The lowest BCUT2D eigenvalue weighted by atomic mass is 9.80. The molecule has 5 heteroatoms. The van der Waals surface area contributed by atoms with Gasteiger partial charge in [-0.15, -0.1) is 0 Å². The molecule has 0 radical (unpaired) electrons. The van der Waals surface area contributed by atoms with Crippen molar-refractivity contribution in [2.24, 2.45) is 16.8 Å². The van der Waals surface area contributed by atoms with Crippen LogP contribution >= 0.6 is 0 Å². The van der Waals surface area contributed by atoms with Crippen LogP contribution in [-0.2, 0) is 0 Å². The number of nitrogens with zero attached hydrogens (tertiary/aromatic N) is 3. The highest BCUT2D eigenvalue weighted by Gasteiger charge is 2.23. The number of guanidine groups is 1. The summed E-state index contributed by atoms with van der Waals surface area (Å²) < 4.78 is 0. The molecule has 2 aliphatic rings. The normalized spacial score (nSPS) is 27.3. The van der Waals surface area contributed by atoms with Crippen LogP contribution < -0.4 is 10.6 Å². The first-order valence-corrected chi connectivity index (χ1v) is 10.5. The SMILES string of the molecule is CN=C(NCCCN1CCCN(C)CC1)NC1CCC(C(C)C)CC1. The van der Waals surface area contributed by atoms with E-state index in [1.165, 1.54) is 71.2 Å². The lowest BCUT2D eigenvalue weighted by Gasteiger charge is -2.32. The summed E-state index contributed by atoms with van der Waals surface area (Å²) in [6, 6.07) is 0.599. The molecule has 0 amide bonds. The number of rotatable bonds is 6. The van der Waals surface area contributed by atoms with Crippen molar-refractivity contribution in [3.05, 3.63) is 0 Å². The van der Waals surface area contributed by atoms with Crippen molar-refractivity contribution in [2.75, 3.05) is 53.4 Å². The third-order valence-electron chi connectivity index (χ3n) is 6.03. The summed E-state index contributed by atoms with van der Waals surface area (Å²) in [5.41, 5.74) is 0. The first-order valence-electron chi connectivity index (χ1n) is 10.5. The monoisotopic (exact) mass is 351 g/mol. The van der Waals surface area contributed by atoms with Crippen molar-refractivity contribution in [2.45, 2.75) is 58.4 Å². The van der Waals surface area contributed by atoms with Crippen LogP contribution in [0.2, 0.25) is 0 Å². The lowest BCUT2D eigenvalue weighted by Crippen LogP contribution is -2.45. The van der Waals surface area contributed by atoms with E-state index >= 15 is 0 Å². The molecule has 0 bridgehead atoms. The molecule has 1 heterocycles. The summed E-state index contributed by atoms with van der Waals surface area (Å²) in [6.45, 7) is 11.8. The highest BCUT2D eigenvalue weighted by Crippen LogP contribution is 2.29. The molecular formula is C20H41N5. The molecule has 146 valence electrons. The van der Waals surface area contributed by atoms with Crippen molar-refractivity contribution < 1.29 is 0 Å². The van der Waals surface area contributed by atoms with Gasteiger partial charge in [0.05, 0.1) is 0 Å². The molecule has 0 unspecified atom stereocenters. The minimum Gasteiger partial charge on any atom is -0.356 e. The topological polar surface area (TPSA) is 42.9 Å². The Morgan fingerprint density at radius 2 is 1.84 bits per heavy atom. The predicted octanol–water partition coefficient (Wildman–Crippen LogP) is 2.39. The summed E-state index contributed by atoms with van der Waals surface area (Å²) >= 11 is 0. The van der Waals surface area contributed by atoms with Gasteiger partial charge in [0.2, 0.25) is 0 Å². The van der Waals surface area contributed by atoms with Gasteiger partial charge >= 0.3 is 0 Å². The van der Waals surface area contributed by atoms with Crippen molar-refractivity contribution >= 4 is 5.96 Å². The van der Waals surface area contributed by atoms with Gasteiger partial charge < -0.3 is 20.4 Å². The molecule has 25 heavy (non-hydrogen) atoms. The van der Waals surface area contributed by atoms with Crippen LogP contribution in [0.3, 0.4) is 0 Å². The van der Waals surface area contributed by atoms with Crippen LogP contribution in [0.4, 0.5) is 0 Å². The summed E-state index contributed by atoms with van der Waals surface area (Å²) in [6.07, 6.45) is 7.76. The molecule has 5 nitrogen and oxygen atoms in total. The molecule has 0 aromatic carbocycles. The standard InChI is InChI=1S/C20H41N5/c1-17(2)18-7-9-19(10-8-18)23-20(21-3)22-11-5-13-25-14-6-12-24(4)15-16-25/h17-19H,5-16H2,1-4H3,(H2,21,22,23). The first kappa shape index (κ1) is 20.5. The second-order valence-electron chi connectivity index (χ2n) is 8.35. The van der Waals surface area contributed by atoms with E-state index in [0.29, 0.717) is 6.04 Å². The Balaban J connectivity index is 1.59. The smallest absolute Gasteiger partial charge is 0.191 e. The molecule has 1 saturated heterocycles. The highest BCUT2D eigenvalue weighted by atomic mass is 15.2. The summed E-state index contributed by atoms with van der Waals surface area (Å²) in [5, 5.41) is 7.15. The van der Waals surface area contributed by atoms with Crippen LogP contribution in [0.25, 0.3) is 0 Å². The summed E-state index contributed by atoms with van der Waals surface area (Å²) in [5.74, 6) is 2.74. The number of hydrogen-bond donors (Lipinski definition) is 2. The highest BCUT2D eigenvalue weighted by molar-refractivity contribution is 5.79. The molecule has 0 atom stereocenters. The third kappa shape index (κ3) is 7.53. The van der Waals surface area contributed by atoms with Crippen LogP contribution in [0.1, 0.15) is 52.4 Å². The van der Waals surface area contributed by atoms with E-state index in [-0.39, 0.29) is 0 Å². The fourth-order valence-electron chi connectivity index (χ4n) is 4.15. The molecular weight excluding hydrogens is 310 g/mol.